The summed E-state index contributed by atoms with van der Waals surface area (Å²) in [6.07, 6.45) is 0.616. The lowest BCUT2D eigenvalue weighted by atomic mass is 10.2. The molecule has 0 bridgehead atoms. The number of benzene rings is 2. The van der Waals surface area contributed by atoms with Crippen LogP contribution in [0.3, 0.4) is 0 Å². The third-order valence-electron chi connectivity index (χ3n) is 4.10. The first-order chi connectivity index (χ1) is 12.9. The molecular formula is C18H19BrN2O5S. The monoisotopic (exact) mass is 454 g/mol. The minimum Gasteiger partial charge on any atom is -0.496 e. The predicted octanol–water partition coefficient (Wildman–Crippen LogP) is 2.78. The number of para-hydroxylation sites is 1. The van der Waals surface area contributed by atoms with Crippen LogP contribution < -0.4 is 14.8 Å². The van der Waals surface area contributed by atoms with Crippen molar-refractivity contribution in [1.29, 1.82) is 0 Å². The van der Waals surface area contributed by atoms with E-state index in [-0.39, 0.29) is 22.3 Å². The lowest BCUT2D eigenvalue weighted by Crippen LogP contribution is -2.35. The van der Waals surface area contributed by atoms with Crippen LogP contribution in [0.4, 0.5) is 5.69 Å². The molecule has 3 rings (SSSR count). The second kappa shape index (κ2) is 8.39. The Hall–Kier alpha value is -1.94. The van der Waals surface area contributed by atoms with E-state index in [9.17, 15) is 13.2 Å². The lowest BCUT2D eigenvalue weighted by molar-refractivity contribution is 0.102. The highest BCUT2D eigenvalue weighted by Crippen LogP contribution is 2.26. The summed E-state index contributed by atoms with van der Waals surface area (Å²) in [7, 11) is -2.36. The van der Waals surface area contributed by atoms with Gasteiger partial charge in [0.25, 0.3) is 5.91 Å². The molecule has 0 unspecified atom stereocenters. The van der Waals surface area contributed by atoms with Gasteiger partial charge in [0.15, 0.2) is 0 Å². The molecule has 7 nitrogen and oxygen atoms in total. The molecule has 0 saturated carbocycles. The van der Waals surface area contributed by atoms with Crippen LogP contribution in [0.5, 0.6) is 5.75 Å². The molecule has 0 aliphatic carbocycles. The van der Waals surface area contributed by atoms with E-state index in [0.29, 0.717) is 29.8 Å². The van der Waals surface area contributed by atoms with Crippen LogP contribution >= 0.6 is 15.9 Å². The van der Waals surface area contributed by atoms with E-state index in [2.05, 4.69) is 26.0 Å². The van der Waals surface area contributed by atoms with E-state index < -0.39 is 15.9 Å². The highest BCUT2D eigenvalue weighted by atomic mass is 79.9. The van der Waals surface area contributed by atoms with Crippen LogP contribution in [0, 0.1) is 0 Å². The average Bonchev–Trinajstić information content (AvgIpc) is 3.15. The first kappa shape index (κ1) is 19.8. The van der Waals surface area contributed by atoms with E-state index >= 15 is 0 Å². The fraction of sp³-hybridized carbons (Fsp3) is 0.278. The normalized spacial score (nSPS) is 16.9. The molecule has 2 aromatic rings. The van der Waals surface area contributed by atoms with E-state index in [4.69, 9.17) is 9.47 Å². The third-order valence-corrected chi connectivity index (χ3v) is 6.31. The van der Waals surface area contributed by atoms with Gasteiger partial charge in [-0.2, -0.15) is 0 Å². The summed E-state index contributed by atoms with van der Waals surface area (Å²) < 4.78 is 39.0. The minimum absolute atomic E-state index is 0.00697. The van der Waals surface area contributed by atoms with E-state index in [1.165, 1.54) is 25.3 Å². The Kier molecular flexibility index (Phi) is 6.15. The predicted molar refractivity (Wildman–Crippen MR) is 105 cm³/mol. The molecule has 1 aliphatic heterocycles. The number of amides is 1. The lowest BCUT2D eigenvalue weighted by Gasteiger charge is -2.14. The Morgan fingerprint density at radius 1 is 1.26 bits per heavy atom. The van der Waals surface area contributed by atoms with E-state index in [1.54, 1.807) is 18.2 Å². The van der Waals surface area contributed by atoms with Gasteiger partial charge in [-0.25, -0.2) is 13.1 Å². The summed E-state index contributed by atoms with van der Waals surface area (Å²) in [5.41, 5.74) is 0.692. The molecule has 1 amide bonds. The zero-order chi connectivity index (χ0) is 19.4. The van der Waals surface area contributed by atoms with Crippen molar-refractivity contribution in [2.45, 2.75) is 17.4 Å². The molecule has 2 aromatic carbocycles. The number of methoxy groups -OCH3 is 1. The van der Waals surface area contributed by atoms with Crippen molar-refractivity contribution in [2.24, 2.45) is 0 Å². The van der Waals surface area contributed by atoms with Gasteiger partial charge in [0, 0.05) is 17.1 Å². The SMILES string of the molecule is COc1ccc(S(=O)(=O)N[C@H]2CCOC2)cc1C(=O)Nc1ccccc1Br. The number of rotatable bonds is 6. The topological polar surface area (TPSA) is 93.7 Å². The number of halogens is 1. The third kappa shape index (κ3) is 4.67. The maximum Gasteiger partial charge on any atom is 0.259 e. The number of hydrogen-bond donors (Lipinski definition) is 2. The van der Waals surface area contributed by atoms with Crippen molar-refractivity contribution in [1.82, 2.24) is 4.72 Å². The van der Waals surface area contributed by atoms with Gasteiger partial charge in [-0.3, -0.25) is 4.79 Å². The molecular weight excluding hydrogens is 436 g/mol. The smallest absolute Gasteiger partial charge is 0.259 e. The minimum atomic E-state index is -3.78. The maximum absolute atomic E-state index is 12.7. The Labute approximate surface area is 166 Å². The number of hydrogen-bond acceptors (Lipinski definition) is 5. The largest absolute Gasteiger partial charge is 0.496 e. The molecule has 2 N–H and O–H groups in total. The molecule has 1 fully saturated rings. The number of sulfonamides is 1. The van der Waals surface area contributed by atoms with Gasteiger partial charge >= 0.3 is 0 Å². The first-order valence-electron chi connectivity index (χ1n) is 8.24. The zero-order valence-electron chi connectivity index (χ0n) is 14.6. The summed E-state index contributed by atoms with van der Waals surface area (Å²) in [5, 5.41) is 2.75. The molecule has 1 aliphatic rings. The van der Waals surface area contributed by atoms with Gasteiger partial charge in [0.2, 0.25) is 10.0 Å². The standard InChI is InChI=1S/C18H19BrN2O5S/c1-25-17-7-6-13(27(23,24)21-12-8-9-26-11-12)10-14(17)18(22)20-16-5-3-2-4-15(16)19/h2-7,10,12,21H,8-9,11H2,1H3,(H,20,22)/t12-/m0/s1. The second-order valence-electron chi connectivity index (χ2n) is 5.98. The molecule has 9 heteroatoms. The van der Waals surface area contributed by atoms with Crippen LogP contribution in [-0.4, -0.2) is 40.7 Å². The van der Waals surface area contributed by atoms with Crippen LogP contribution in [-0.2, 0) is 14.8 Å². The Balaban J connectivity index is 1.89. The summed E-state index contributed by atoms with van der Waals surface area (Å²) in [5.74, 6) is -0.192. The van der Waals surface area contributed by atoms with E-state index in [0.717, 1.165) is 0 Å². The van der Waals surface area contributed by atoms with Gasteiger partial charge in [-0.05, 0) is 52.7 Å². The number of ether oxygens (including phenoxy) is 2. The number of carbonyl (C=O) groups is 1. The Morgan fingerprint density at radius 3 is 2.70 bits per heavy atom. The molecule has 0 spiro atoms. The van der Waals surface area contributed by atoms with Crippen molar-refractivity contribution in [3.05, 3.63) is 52.5 Å². The fourth-order valence-corrected chi connectivity index (χ4v) is 4.36. The highest BCUT2D eigenvalue weighted by molar-refractivity contribution is 9.10. The van der Waals surface area contributed by atoms with Crippen LogP contribution in [0.15, 0.2) is 51.8 Å². The van der Waals surface area contributed by atoms with Gasteiger partial charge in [-0.1, -0.05) is 12.1 Å². The molecule has 0 radical (unpaired) electrons. The van der Waals surface area contributed by atoms with Crippen molar-refractivity contribution >= 4 is 37.5 Å². The maximum atomic E-state index is 12.7. The first-order valence-corrected chi connectivity index (χ1v) is 10.5. The summed E-state index contributed by atoms with van der Waals surface area (Å²) in [6.45, 7) is 0.861. The summed E-state index contributed by atoms with van der Waals surface area (Å²) >= 11 is 3.36. The van der Waals surface area contributed by atoms with Crippen molar-refractivity contribution in [3.8, 4) is 5.75 Å². The number of nitrogens with one attached hydrogen (secondary N) is 2. The zero-order valence-corrected chi connectivity index (χ0v) is 17.0. The molecule has 1 heterocycles. The number of anilines is 1. The quantitative estimate of drug-likeness (QED) is 0.699. The molecule has 1 atom stereocenters. The van der Waals surface area contributed by atoms with Crippen molar-refractivity contribution in [3.63, 3.8) is 0 Å². The van der Waals surface area contributed by atoms with Gasteiger partial charge in [0.1, 0.15) is 5.75 Å². The van der Waals surface area contributed by atoms with Crippen LogP contribution in [0.25, 0.3) is 0 Å². The van der Waals surface area contributed by atoms with Crippen molar-refractivity contribution < 1.29 is 22.7 Å². The van der Waals surface area contributed by atoms with Crippen LogP contribution in [0.1, 0.15) is 16.8 Å². The highest BCUT2D eigenvalue weighted by Gasteiger charge is 2.25. The summed E-state index contributed by atoms with van der Waals surface area (Å²) in [6, 6.07) is 11.1. The average molecular weight is 455 g/mol. The van der Waals surface area contributed by atoms with E-state index in [1.807, 2.05) is 6.07 Å². The van der Waals surface area contributed by atoms with Gasteiger partial charge < -0.3 is 14.8 Å². The van der Waals surface area contributed by atoms with Crippen molar-refractivity contribution in [2.75, 3.05) is 25.6 Å². The Morgan fingerprint density at radius 2 is 2.04 bits per heavy atom. The molecule has 27 heavy (non-hydrogen) atoms. The van der Waals surface area contributed by atoms with Gasteiger partial charge in [0.05, 0.1) is 29.9 Å². The summed E-state index contributed by atoms with van der Waals surface area (Å²) in [4.78, 5) is 12.7. The Bertz CT molecular complexity index is 943. The van der Waals surface area contributed by atoms with Gasteiger partial charge in [-0.15, -0.1) is 0 Å². The van der Waals surface area contributed by atoms with Crippen LogP contribution in [0.2, 0.25) is 0 Å². The number of carbonyl (C=O) groups excluding carboxylic acids is 1. The fourth-order valence-electron chi connectivity index (χ4n) is 2.70. The second-order valence-corrected chi connectivity index (χ2v) is 8.55. The molecule has 0 aromatic heterocycles. The molecule has 144 valence electrons. The molecule has 1 saturated heterocycles.